The molecule has 3 heterocycles. The van der Waals surface area contributed by atoms with E-state index >= 15 is 0 Å². The first-order chi connectivity index (χ1) is 12.2. The summed E-state index contributed by atoms with van der Waals surface area (Å²) in [5.41, 5.74) is 5.21. The Morgan fingerprint density at radius 1 is 1.23 bits per heavy atom. The maximum atomic E-state index is 12.6. The molecule has 2 aliphatic heterocycles. The molecule has 142 valence electrons. The summed E-state index contributed by atoms with van der Waals surface area (Å²) in [5, 5.41) is 3.44. The highest BCUT2D eigenvalue weighted by Crippen LogP contribution is 2.48. The van der Waals surface area contributed by atoms with Crippen molar-refractivity contribution in [2.45, 2.75) is 58.1 Å². The molecule has 3 fully saturated rings. The SMILES string of the molecule is CC(C)Nc1cc(Cl)ncc1C(=O)NNC(=O)C12CCC(C)(CC1)CO2. The Morgan fingerprint density at radius 3 is 2.50 bits per heavy atom. The number of nitrogens with one attached hydrogen (secondary N) is 3. The van der Waals surface area contributed by atoms with Crippen LogP contribution in [0, 0.1) is 5.41 Å². The second kappa shape index (κ2) is 7.04. The summed E-state index contributed by atoms with van der Waals surface area (Å²) in [4.78, 5) is 29.1. The number of amides is 2. The van der Waals surface area contributed by atoms with Crippen LogP contribution in [0.5, 0.6) is 0 Å². The molecule has 7 nitrogen and oxygen atoms in total. The van der Waals surface area contributed by atoms with Gasteiger partial charge in [-0.2, -0.15) is 0 Å². The van der Waals surface area contributed by atoms with Crippen molar-refractivity contribution < 1.29 is 14.3 Å². The van der Waals surface area contributed by atoms with Crippen LogP contribution in [-0.4, -0.2) is 35.0 Å². The molecule has 0 aromatic carbocycles. The van der Waals surface area contributed by atoms with Crippen molar-refractivity contribution in [3.8, 4) is 0 Å². The van der Waals surface area contributed by atoms with Crippen molar-refractivity contribution in [3.05, 3.63) is 23.0 Å². The Morgan fingerprint density at radius 2 is 1.92 bits per heavy atom. The van der Waals surface area contributed by atoms with Crippen molar-refractivity contribution in [2.75, 3.05) is 11.9 Å². The first-order valence-corrected chi connectivity index (χ1v) is 9.28. The molecule has 2 saturated heterocycles. The van der Waals surface area contributed by atoms with Gasteiger partial charge in [-0.3, -0.25) is 20.4 Å². The average Bonchev–Trinajstić information content (AvgIpc) is 2.60. The maximum Gasteiger partial charge on any atom is 0.273 e. The molecule has 1 aromatic rings. The lowest BCUT2D eigenvalue weighted by atomic mass is 9.67. The van der Waals surface area contributed by atoms with E-state index in [0.29, 0.717) is 30.7 Å². The van der Waals surface area contributed by atoms with Crippen LogP contribution in [0.15, 0.2) is 12.3 Å². The molecule has 26 heavy (non-hydrogen) atoms. The molecule has 1 saturated carbocycles. The standard InChI is InChI=1S/C18H25ClN4O3/c1-11(2)21-13-8-14(19)20-9-12(13)15(24)22-23-16(25)18-6-4-17(3,5-7-18)10-26-18/h8-9,11H,4-7,10H2,1-3H3,(H,20,21)(H,22,24)(H,23,25). The van der Waals surface area contributed by atoms with Gasteiger partial charge in [0, 0.05) is 12.2 Å². The third-order valence-corrected chi connectivity index (χ3v) is 5.43. The van der Waals surface area contributed by atoms with E-state index in [1.165, 1.54) is 6.20 Å². The van der Waals surface area contributed by atoms with Gasteiger partial charge >= 0.3 is 0 Å². The summed E-state index contributed by atoms with van der Waals surface area (Å²) in [6.45, 7) is 6.67. The van der Waals surface area contributed by atoms with Crippen LogP contribution in [-0.2, 0) is 9.53 Å². The van der Waals surface area contributed by atoms with Gasteiger partial charge in [0.2, 0.25) is 0 Å². The number of hydrogen-bond acceptors (Lipinski definition) is 5. The van der Waals surface area contributed by atoms with Crippen LogP contribution in [0.2, 0.25) is 5.15 Å². The number of hydrogen-bond donors (Lipinski definition) is 3. The Bertz CT molecular complexity index is 698. The van der Waals surface area contributed by atoms with Crippen LogP contribution in [0.4, 0.5) is 5.69 Å². The van der Waals surface area contributed by atoms with Gasteiger partial charge in [-0.25, -0.2) is 4.98 Å². The first-order valence-electron chi connectivity index (χ1n) is 8.90. The largest absolute Gasteiger partial charge is 0.382 e. The molecule has 0 atom stereocenters. The first kappa shape index (κ1) is 18.9. The molecule has 8 heteroatoms. The number of pyridine rings is 1. The molecule has 4 rings (SSSR count). The van der Waals surface area contributed by atoms with Gasteiger partial charge in [-0.1, -0.05) is 18.5 Å². The highest BCUT2D eigenvalue weighted by Gasteiger charge is 2.51. The van der Waals surface area contributed by atoms with Gasteiger partial charge in [-0.15, -0.1) is 0 Å². The number of ether oxygens (including phenoxy) is 1. The number of hydrazine groups is 1. The molecule has 1 aliphatic carbocycles. The number of carbonyl (C=O) groups excluding carboxylic acids is 2. The monoisotopic (exact) mass is 380 g/mol. The normalized spacial score (nSPS) is 27.3. The second-order valence-electron chi connectivity index (χ2n) is 7.85. The van der Waals surface area contributed by atoms with Gasteiger partial charge < -0.3 is 10.1 Å². The van der Waals surface area contributed by atoms with E-state index in [9.17, 15) is 9.59 Å². The summed E-state index contributed by atoms with van der Waals surface area (Å²) in [5.74, 6) is -0.758. The summed E-state index contributed by atoms with van der Waals surface area (Å²) in [6, 6.07) is 1.70. The number of nitrogens with zero attached hydrogens (tertiary/aromatic N) is 1. The van der Waals surface area contributed by atoms with E-state index in [0.717, 1.165) is 12.8 Å². The average molecular weight is 381 g/mol. The van der Waals surface area contributed by atoms with Crippen LogP contribution in [0.3, 0.4) is 0 Å². The van der Waals surface area contributed by atoms with Crippen LogP contribution < -0.4 is 16.2 Å². The van der Waals surface area contributed by atoms with Gasteiger partial charge in [0.05, 0.1) is 17.9 Å². The van der Waals surface area contributed by atoms with Crippen LogP contribution >= 0.6 is 11.6 Å². The second-order valence-corrected chi connectivity index (χ2v) is 8.24. The zero-order chi connectivity index (χ0) is 18.9. The zero-order valence-electron chi connectivity index (χ0n) is 15.3. The smallest absolute Gasteiger partial charge is 0.273 e. The highest BCUT2D eigenvalue weighted by molar-refractivity contribution is 6.29. The topological polar surface area (TPSA) is 92.4 Å². The molecular weight excluding hydrogens is 356 g/mol. The van der Waals surface area contributed by atoms with Crippen LogP contribution in [0.25, 0.3) is 0 Å². The lowest BCUT2D eigenvalue weighted by molar-refractivity contribution is -0.190. The Balaban J connectivity index is 1.65. The molecular formula is C18H25ClN4O3. The number of aromatic nitrogens is 1. The molecule has 0 spiro atoms. The van der Waals surface area contributed by atoms with Crippen molar-refractivity contribution in [1.82, 2.24) is 15.8 Å². The fourth-order valence-corrected chi connectivity index (χ4v) is 3.64. The highest BCUT2D eigenvalue weighted by atomic mass is 35.5. The fourth-order valence-electron chi connectivity index (χ4n) is 3.49. The molecule has 1 aromatic heterocycles. The van der Waals surface area contributed by atoms with Gasteiger partial charge in [0.15, 0.2) is 0 Å². The van der Waals surface area contributed by atoms with Gasteiger partial charge in [0.25, 0.3) is 11.8 Å². The van der Waals surface area contributed by atoms with E-state index < -0.39 is 11.5 Å². The minimum atomic E-state index is -0.831. The quantitative estimate of drug-likeness (QED) is 0.551. The van der Waals surface area contributed by atoms with E-state index in [-0.39, 0.29) is 22.5 Å². The number of anilines is 1. The van der Waals surface area contributed by atoms with Gasteiger partial charge in [-0.05, 0) is 51.0 Å². The van der Waals surface area contributed by atoms with E-state index in [4.69, 9.17) is 16.3 Å². The number of halogens is 1. The Hall–Kier alpha value is -1.86. The minimum absolute atomic E-state index is 0.112. The molecule has 0 radical (unpaired) electrons. The predicted molar refractivity (Wildman–Crippen MR) is 98.9 cm³/mol. The Labute approximate surface area is 158 Å². The third kappa shape index (κ3) is 3.78. The van der Waals surface area contributed by atoms with Crippen molar-refractivity contribution in [3.63, 3.8) is 0 Å². The molecule has 2 amide bonds. The number of rotatable bonds is 4. The van der Waals surface area contributed by atoms with E-state index in [1.54, 1.807) is 6.07 Å². The number of fused-ring (bicyclic) bond motifs is 3. The summed E-state index contributed by atoms with van der Waals surface area (Å²) >= 11 is 5.92. The summed E-state index contributed by atoms with van der Waals surface area (Å²) in [7, 11) is 0. The van der Waals surface area contributed by atoms with Crippen LogP contribution in [0.1, 0.15) is 56.8 Å². The maximum absolute atomic E-state index is 12.6. The zero-order valence-corrected chi connectivity index (χ0v) is 16.1. The number of carbonyl (C=O) groups is 2. The van der Waals surface area contributed by atoms with Crippen molar-refractivity contribution >= 4 is 29.1 Å². The fraction of sp³-hybridized carbons (Fsp3) is 0.611. The Kier molecular flexibility index (Phi) is 5.12. The lowest BCUT2D eigenvalue weighted by Gasteiger charge is -2.50. The van der Waals surface area contributed by atoms with E-state index in [1.807, 2.05) is 13.8 Å². The molecule has 0 unspecified atom stereocenters. The predicted octanol–water partition coefficient (Wildman–Crippen LogP) is 2.67. The van der Waals surface area contributed by atoms with E-state index in [2.05, 4.69) is 28.1 Å². The summed E-state index contributed by atoms with van der Waals surface area (Å²) < 4.78 is 5.85. The molecule has 2 bridgehead atoms. The van der Waals surface area contributed by atoms with Crippen molar-refractivity contribution in [2.24, 2.45) is 5.41 Å². The summed E-state index contributed by atoms with van der Waals surface area (Å²) in [6.07, 6.45) is 4.65. The van der Waals surface area contributed by atoms with Crippen molar-refractivity contribution in [1.29, 1.82) is 0 Å². The minimum Gasteiger partial charge on any atom is -0.382 e. The van der Waals surface area contributed by atoms with Gasteiger partial charge in [0.1, 0.15) is 10.8 Å². The third-order valence-electron chi connectivity index (χ3n) is 5.22. The molecule has 3 N–H and O–H groups in total. The lowest BCUT2D eigenvalue weighted by Crippen LogP contribution is -2.60. The molecule has 3 aliphatic rings.